The van der Waals surface area contributed by atoms with E-state index in [1.54, 1.807) is 25.1 Å². The minimum absolute atomic E-state index is 0.0173. The molecule has 0 saturated carbocycles. The Hall–Kier alpha value is -2.19. The highest BCUT2D eigenvalue weighted by Gasteiger charge is 2.09. The summed E-state index contributed by atoms with van der Waals surface area (Å²) < 4.78 is 0. The fourth-order valence-corrected chi connectivity index (χ4v) is 2.37. The van der Waals surface area contributed by atoms with E-state index < -0.39 is 0 Å². The number of Topliss-reactive ketones (excluding diaryl/α,β-unsaturated/α-hetero) is 1. The second kappa shape index (κ2) is 5.06. The molecule has 3 aromatic rings. The number of benzene rings is 2. The maximum atomic E-state index is 11.5. The Balaban J connectivity index is 2.19. The van der Waals surface area contributed by atoms with E-state index in [1.807, 2.05) is 36.4 Å². The number of pyridine rings is 1. The van der Waals surface area contributed by atoms with Crippen molar-refractivity contribution in [3.8, 4) is 11.3 Å². The molecule has 0 aliphatic heterocycles. The maximum Gasteiger partial charge on any atom is 0.159 e. The molecule has 0 fully saturated rings. The second-order valence-corrected chi connectivity index (χ2v) is 5.05. The number of carbonyl (C=O) groups excluding carboxylic acids is 1. The van der Waals surface area contributed by atoms with Crippen LogP contribution in [0.2, 0.25) is 5.02 Å². The lowest BCUT2D eigenvalue weighted by Crippen LogP contribution is -1.94. The largest absolute Gasteiger partial charge is 0.295 e. The Bertz CT molecular complexity index is 811. The van der Waals surface area contributed by atoms with Crippen LogP contribution in [0, 0.1) is 0 Å². The van der Waals surface area contributed by atoms with E-state index in [0.29, 0.717) is 10.6 Å². The summed E-state index contributed by atoms with van der Waals surface area (Å²) in [6.45, 7) is 1.54. The molecule has 0 N–H and O–H groups in total. The molecule has 98 valence electrons. The summed E-state index contributed by atoms with van der Waals surface area (Å²) in [6.07, 6.45) is 0. The van der Waals surface area contributed by atoms with Crippen molar-refractivity contribution in [2.24, 2.45) is 0 Å². The van der Waals surface area contributed by atoms with Crippen LogP contribution in [0.3, 0.4) is 0 Å². The first-order valence-corrected chi connectivity index (χ1v) is 6.69. The topological polar surface area (TPSA) is 30.0 Å². The standard InChI is InChI=1S/C17H12ClNO/c1-11(20)13-6-8-15(18)14(10-13)17-9-7-12-4-2-3-5-16(12)19-17/h2-10H,1H3. The summed E-state index contributed by atoms with van der Waals surface area (Å²) in [5, 5.41) is 1.67. The van der Waals surface area contributed by atoms with Crippen molar-refractivity contribution < 1.29 is 4.79 Å². The van der Waals surface area contributed by atoms with Crippen LogP contribution < -0.4 is 0 Å². The van der Waals surface area contributed by atoms with Gasteiger partial charge in [0.25, 0.3) is 0 Å². The lowest BCUT2D eigenvalue weighted by atomic mass is 10.0. The molecule has 0 bridgehead atoms. The first-order chi connectivity index (χ1) is 9.65. The number of hydrogen-bond acceptors (Lipinski definition) is 2. The van der Waals surface area contributed by atoms with E-state index in [2.05, 4.69) is 4.98 Å². The summed E-state index contributed by atoms with van der Waals surface area (Å²) in [6, 6.07) is 17.1. The van der Waals surface area contributed by atoms with Crippen molar-refractivity contribution in [1.29, 1.82) is 0 Å². The Morgan fingerprint density at radius 3 is 2.65 bits per heavy atom. The number of hydrogen-bond donors (Lipinski definition) is 0. The van der Waals surface area contributed by atoms with E-state index >= 15 is 0 Å². The molecule has 3 heteroatoms. The third-order valence-electron chi connectivity index (χ3n) is 3.25. The fourth-order valence-electron chi connectivity index (χ4n) is 2.16. The van der Waals surface area contributed by atoms with Gasteiger partial charge in [-0.25, -0.2) is 4.98 Å². The molecule has 1 heterocycles. The van der Waals surface area contributed by atoms with E-state index in [1.165, 1.54) is 0 Å². The van der Waals surface area contributed by atoms with Gasteiger partial charge in [-0.2, -0.15) is 0 Å². The number of halogens is 1. The monoisotopic (exact) mass is 281 g/mol. The van der Waals surface area contributed by atoms with Gasteiger partial charge in [0.05, 0.1) is 16.2 Å². The molecule has 0 saturated heterocycles. The van der Waals surface area contributed by atoms with Crippen molar-refractivity contribution in [3.63, 3.8) is 0 Å². The van der Waals surface area contributed by atoms with Gasteiger partial charge in [0.2, 0.25) is 0 Å². The predicted molar refractivity (Wildman–Crippen MR) is 82.2 cm³/mol. The Morgan fingerprint density at radius 1 is 1.05 bits per heavy atom. The van der Waals surface area contributed by atoms with E-state index in [4.69, 9.17) is 11.6 Å². The van der Waals surface area contributed by atoms with Crippen molar-refractivity contribution in [2.45, 2.75) is 6.92 Å². The molecule has 20 heavy (non-hydrogen) atoms. The fraction of sp³-hybridized carbons (Fsp3) is 0.0588. The Morgan fingerprint density at radius 2 is 1.85 bits per heavy atom. The van der Waals surface area contributed by atoms with E-state index in [0.717, 1.165) is 22.2 Å². The van der Waals surface area contributed by atoms with Gasteiger partial charge in [0.1, 0.15) is 0 Å². The third kappa shape index (κ3) is 2.30. The number of ketones is 1. The van der Waals surface area contributed by atoms with Gasteiger partial charge in [0, 0.05) is 16.5 Å². The average molecular weight is 282 g/mol. The lowest BCUT2D eigenvalue weighted by Gasteiger charge is -2.07. The van der Waals surface area contributed by atoms with Crippen LogP contribution in [-0.4, -0.2) is 10.8 Å². The summed E-state index contributed by atoms with van der Waals surface area (Å²) in [4.78, 5) is 16.1. The van der Waals surface area contributed by atoms with Crippen molar-refractivity contribution in [2.75, 3.05) is 0 Å². The van der Waals surface area contributed by atoms with E-state index in [9.17, 15) is 4.79 Å². The molecule has 0 amide bonds. The minimum Gasteiger partial charge on any atom is -0.295 e. The minimum atomic E-state index is 0.0173. The van der Waals surface area contributed by atoms with Crippen LogP contribution in [0.5, 0.6) is 0 Å². The molecule has 2 aromatic carbocycles. The highest BCUT2D eigenvalue weighted by Crippen LogP contribution is 2.29. The molecule has 3 rings (SSSR count). The molecule has 1 aromatic heterocycles. The SMILES string of the molecule is CC(=O)c1ccc(Cl)c(-c2ccc3ccccc3n2)c1. The Labute approximate surface area is 122 Å². The number of nitrogens with zero attached hydrogens (tertiary/aromatic N) is 1. The van der Waals surface area contributed by atoms with Gasteiger partial charge in [-0.3, -0.25) is 4.79 Å². The molecular weight excluding hydrogens is 270 g/mol. The van der Waals surface area contributed by atoms with Gasteiger partial charge < -0.3 is 0 Å². The third-order valence-corrected chi connectivity index (χ3v) is 3.58. The summed E-state index contributed by atoms with van der Waals surface area (Å²) in [5.74, 6) is 0.0173. The number of para-hydroxylation sites is 1. The molecule has 0 radical (unpaired) electrons. The van der Waals surface area contributed by atoms with Gasteiger partial charge in [-0.1, -0.05) is 35.9 Å². The quantitative estimate of drug-likeness (QED) is 0.634. The van der Waals surface area contributed by atoms with Crippen molar-refractivity contribution in [1.82, 2.24) is 4.98 Å². The van der Waals surface area contributed by atoms with Crippen LogP contribution >= 0.6 is 11.6 Å². The normalized spacial score (nSPS) is 10.7. The van der Waals surface area contributed by atoms with Crippen LogP contribution in [0.4, 0.5) is 0 Å². The van der Waals surface area contributed by atoms with Gasteiger partial charge in [-0.15, -0.1) is 0 Å². The van der Waals surface area contributed by atoms with Crippen molar-refractivity contribution >= 4 is 28.3 Å². The zero-order valence-electron chi connectivity index (χ0n) is 10.9. The molecule has 2 nitrogen and oxygen atoms in total. The average Bonchev–Trinajstić information content (AvgIpc) is 2.47. The molecule has 0 aliphatic carbocycles. The van der Waals surface area contributed by atoms with Crippen molar-refractivity contribution in [3.05, 3.63) is 65.2 Å². The Kier molecular flexibility index (Phi) is 3.25. The molecular formula is C17H12ClNO. The number of fused-ring (bicyclic) bond motifs is 1. The zero-order chi connectivity index (χ0) is 14.1. The molecule has 0 atom stereocenters. The zero-order valence-corrected chi connectivity index (χ0v) is 11.7. The number of rotatable bonds is 2. The highest BCUT2D eigenvalue weighted by atomic mass is 35.5. The molecule has 0 spiro atoms. The summed E-state index contributed by atoms with van der Waals surface area (Å²) in [5.41, 5.74) is 3.11. The predicted octanol–water partition coefficient (Wildman–Crippen LogP) is 4.76. The molecule has 0 aliphatic rings. The van der Waals surface area contributed by atoms with Gasteiger partial charge >= 0.3 is 0 Å². The van der Waals surface area contributed by atoms with Crippen LogP contribution in [-0.2, 0) is 0 Å². The van der Waals surface area contributed by atoms with Gasteiger partial charge in [0.15, 0.2) is 5.78 Å². The van der Waals surface area contributed by atoms with Crippen LogP contribution in [0.1, 0.15) is 17.3 Å². The lowest BCUT2D eigenvalue weighted by molar-refractivity contribution is 0.101. The smallest absolute Gasteiger partial charge is 0.159 e. The first-order valence-electron chi connectivity index (χ1n) is 6.32. The number of aromatic nitrogens is 1. The summed E-state index contributed by atoms with van der Waals surface area (Å²) in [7, 11) is 0. The summed E-state index contributed by atoms with van der Waals surface area (Å²) >= 11 is 6.24. The number of carbonyl (C=O) groups is 1. The van der Waals surface area contributed by atoms with Gasteiger partial charge in [-0.05, 0) is 37.3 Å². The maximum absolute atomic E-state index is 11.5. The van der Waals surface area contributed by atoms with Crippen LogP contribution in [0.25, 0.3) is 22.2 Å². The highest BCUT2D eigenvalue weighted by molar-refractivity contribution is 6.33. The second-order valence-electron chi connectivity index (χ2n) is 4.64. The molecule has 0 unspecified atom stereocenters. The van der Waals surface area contributed by atoms with E-state index in [-0.39, 0.29) is 5.78 Å². The first kappa shape index (κ1) is 12.8. The van der Waals surface area contributed by atoms with Crippen LogP contribution in [0.15, 0.2) is 54.6 Å².